The van der Waals surface area contributed by atoms with Crippen LogP contribution in [0.1, 0.15) is 40.9 Å². The highest BCUT2D eigenvalue weighted by Crippen LogP contribution is 2.30. The fourth-order valence-corrected chi connectivity index (χ4v) is 3.54. The lowest BCUT2D eigenvalue weighted by Crippen LogP contribution is -2.18. The first kappa shape index (κ1) is 26.7. The molecule has 2 aromatic heterocycles. The molecule has 0 bridgehead atoms. The Kier molecular flexibility index (Phi) is 8.81. The summed E-state index contributed by atoms with van der Waals surface area (Å²) in [6, 6.07) is 14.0. The van der Waals surface area contributed by atoms with Gasteiger partial charge in [0, 0.05) is 30.8 Å². The number of alkyl halides is 1. The molecule has 0 saturated heterocycles. The van der Waals surface area contributed by atoms with Gasteiger partial charge in [0.1, 0.15) is 24.1 Å². The van der Waals surface area contributed by atoms with Gasteiger partial charge in [0.15, 0.2) is 0 Å². The van der Waals surface area contributed by atoms with E-state index in [4.69, 9.17) is 25.8 Å². The number of aromatic nitrogens is 5. The molecule has 0 aliphatic carbocycles. The normalized spacial score (nSPS) is 11.2. The van der Waals surface area contributed by atoms with Crippen molar-refractivity contribution in [3.63, 3.8) is 0 Å². The Morgan fingerprint density at radius 3 is 2.41 bits per heavy atom. The largest absolute Gasteiger partial charge is 0.497 e. The van der Waals surface area contributed by atoms with Crippen LogP contribution in [0.5, 0.6) is 5.75 Å². The molecule has 0 saturated carbocycles. The van der Waals surface area contributed by atoms with E-state index < -0.39 is 24.3 Å². The fourth-order valence-electron chi connectivity index (χ4n) is 3.54. The smallest absolute Gasteiger partial charge is 0.350 e. The van der Waals surface area contributed by atoms with Gasteiger partial charge >= 0.3 is 5.69 Å². The van der Waals surface area contributed by atoms with Crippen molar-refractivity contribution < 1.29 is 19.0 Å². The molecule has 4 aromatic rings. The zero-order chi connectivity index (χ0) is 26.9. The van der Waals surface area contributed by atoms with Gasteiger partial charge in [-0.1, -0.05) is 30.3 Å². The van der Waals surface area contributed by atoms with E-state index in [1.807, 2.05) is 12.1 Å². The van der Waals surface area contributed by atoms with Crippen molar-refractivity contribution in [2.45, 2.75) is 25.9 Å². The third-order valence-corrected chi connectivity index (χ3v) is 5.19. The lowest BCUT2D eigenvalue weighted by Gasteiger charge is -2.17. The number of carbonyl (C=O) groups is 1. The maximum atomic E-state index is 13.5. The van der Waals surface area contributed by atoms with Crippen molar-refractivity contribution in [3.8, 4) is 11.7 Å². The number of methoxy groups -OCH3 is 1. The van der Waals surface area contributed by atoms with E-state index in [0.717, 1.165) is 22.7 Å². The summed E-state index contributed by atoms with van der Waals surface area (Å²) in [5, 5.41) is 19.4. The summed E-state index contributed by atoms with van der Waals surface area (Å²) in [4.78, 5) is 32.6. The van der Waals surface area contributed by atoms with Crippen molar-refractivity contribution in [3.05, 3.63) is 99.5 Å². The minimum Gasteiger partial charge on any atom is -0.497 e. The van der Waals surface area contributed by atoms with Crippen LogP contribution in [-0.4, -0.2) is 48.8 Å². The van der Waals surface area contributed by atoms with E-state index in [2.05, 4.69) is 20.1 Å². The SMILES string of the molecule is CC(=O)O.COc1cc(CF)cc(C(Cc2ccc(C(=N)N)cc2)c2nn(-c3ncccn3)c(=O)[nH]2)c1. The number of ether oxygens (including phenoxy) is 1. The van der Waals surface area contributed by atoms with E-state index >= 15 is 0 Å². The summed E-state index contributed by atoms with van der Waals surface area (Å²) in [7, 11) is 1.51. The number of amidine groups is 1. The number of nitrogens with zero attached hydrogens (tertiary/aromatic N) is 4. The van der Waals surface area contributed by atoms with Gasteiger partial charge in [-0.2, -0.15) is 0 Å². The molecule has 0 spiro atoms. The number of hydrogen-bond donors (Lipinski definition) is 4. The summed E-state index contributed by atoms with van der Waals surface area (Å²) in [6.07, 6.45) is 3.49. The number of nitrogens with one attached hydrogen (secondary N) is 2. The van der Waals surface area contributed by atoms with Crippen LogP contribution in [0.15, 0.2) is 65.7 Å². The van der Waals surface area contributed by atoms with E-state index in [1.165, 1.54) is 19.5 Å². The second-order valence-electron chi connectivity index (χ2n) is 7.91. The van der Waals surface area contributed by atoms with Crippen molar-refractivity contribution in [2.24, 2.45) is 5.73 Å². The van der Waals surface area contributed by atoms with Crippen LogP contribution in [-0.2, 0) is 17.9 Å². The molecular formula is C25H26FN7O4. The molecule has 1 atom stereocenters. The molecule has 5 N–H and O–H groups in total. The number of benzene rings is 2. The summed E-state index contributed by atoms with van der Waals surface area (Å²) in [5.41, 5.74) is 7.78. The number of H-pyrrole nitrogens is 1. The number of nitrogen functional groups attached to an aromatic ring is 1. The maximum absolute atomic E-state index is 13.5. The van der Waals surface area contributed by atoms with E-state index in [9.17, 15) is 9.18 Å². The molecule has 11 nitrogen and oxygen atoms in total. The molecule has 0 amide bonds. The van der Waals surface area contributed by atoms with Crippen LogP contribution >= 0.6 is 0 Å². The van der Waals surface area contributed by atoms with Gasteiger partial charge < -0.3 is 15.6 Å². The molecule has 0 aliphatic heterocycles. The van der Waals surface area contributed by atoms with Crippen LogP contribution in [0.4, 0.5) is 4.39 Å². The molecule has 2 heterocycles. The molecular weight excluding hydrogens is 481 g/mol. The van der Waals surface area contributed by atoms with Gasteiger partial charge in [-0.05, 0) is 41.3 Å². The van der Waals surface area contributed by atoms with Crippen LogP contribution in [0, 0.1) is 5.41 Å². The minimum absolute atomic E-state index is 0.0237. The van der Waals surface area contributed by atoms with E-state index in [-0.39, 0.29) is 11.8 Å². The average molecular weight is 508 g/mol. The highest BCUT2D eigenvalue weighted by atomic mass is 19.1. The maximum Gasteiger partial charge on any atom is 0.350 e. The molecule has 0 fully saturated rings. The molecule has 0 radical (unpaired) electrons. The second-order valence-corrected chi connectivity index (χ2v) is 7.91. The van der Waals surface area contributed by atoms with Crippen LogP contribution in [0.3, 0.4) is 0 Å². The zero-order valence-electron chi connectivity index (χ0n) is 20.2. The predicted molar refractivity (Wildman–Crippen MR) is 134 cm³/mol. The monoisotopic (exact) mass is 507 g/mol. The van der Waals surface area contributed by atoms with Gasteiger partial charge in [0.25, 0.3) is 11.9 Å². The molecule has 2 aromatic carbocycles. The Balaban J connectivity index is 0.000000886. The highest BCUT2D eigenvalue weighted by molar-refractivity contribution is 5.94. The molecule has 1 unspecified atom stereocenters. The van der Waals surface area contributed by atoms with Gasteiger partial charge in [0.05, 0.1) is 7.11 Å². The highest BCUT2D eigenvalue weighted by Gasteiger charge is 2.23. The Morgan fingerprint density at radius 2 is 1.84 bits per heavy atom. The molecule has 0 aliphatic rings. The first-order valence-corrected chi connectivity index (χ1v) is 11.0. The number of aromatic amines is 1. The van der Waals surface area contributed by atoms with Crippen molar-refractivity contribution in [1.82, 2.24) is 24.7 Å². The number of nitrogens with two attached hydrogens (primary N) is 1. The van der Waals surface area contributed by atoms with E-state index in [0.29, 0.717) is 29.1 Å². The molecule has 37 heavy (non-hydrogen) atoms. The quantitative estimate of drug-likeness (QED) is 0.208. The van der Waals surface area contributed by atoms with Crippen molar-refractivity contribution >= 4 is 11.8 Å². The molecule has 4 rings (SSSR count). The summed E-state index contributed by atoms with van der Waals surface area (Å²) in [5.74, 6) is -0.258. The number of hydrogen-bond acceptors (Lipinski definition) is 7. The Hall–Kier alpha value is -4.87. The topological polar surface area (TPSA) is 173 Å². The average Bonchev–Trinajstić information content (AvgIpc) is 3.28. The van der Waals surface area contributed by atoms with Gasteiger partial charge in [0.2, 0.25) is 0 Å². The lowest BCUT2D eigenvalue weighted by atomic mass is 9.90. The number of rotatable bonds is 8. The van der Waals surface area contributed by atoms with E-state index in [1.54, 1.807) is 36.4 Å². The Labute approximate surface area is 211 Å². The molecule has 192 valence electrons. The number of halogens is 1. The first-order valence-electron chi connectivity index (χ1n) is 11.0. The van der Waals surface area contributed by atoms with Gasteiger partial charge in [-0.3, -0.25) is 15.2 Å². The van der Waals surface area contributed by atoms with Crippen LogP contribution < -0.4 is 16.2 Å². The van der Waals surface area contributed by atoms with Crippen LogP contribution in [0.25, 0.3) is 5.95 Å². The van der Waals surface area contributed by atoms with Crippen molar-refractivity contribution in [2.75, 3.05) is 7.11 Å². The predicted octanol–water partition coefficient (Wildman–Crippen LogP) is 2.58. The number of carboxylic acid groups (broad SMARTS) is 1. The lowest BCUT2D eigenvalue weighted by molar-refractivity contribution is -0.134. The summed E-state index contributed by atoms with van der Waals surface area (Å²) < 4.78 is 20.0. The number of aliphatic carboxylic acids is 1. The van der Waals surface area contributed by atoms with Gasteiger partial charge in [-0.25, -0.2) is 19.2 Å². The Morgan fingerprint density at radius 1 is 1.19 bits per heavy atom. The summed E-state index contributed by atoms with van der Waals surface area (Å²) in [6.45, 7) is 0.424. The Bertz CT molecular complexity index is 1390. The second kappa shape index (κ2) is 12.2. The third-order valence-electron chi connectivity index (χ3n) is 5.19. The summed E-state index contributed by atoms with van der Waals surface area (Å²) >= 11 is 0. The first-order chi connectivity index (χ1) is 17.7. The van der Waals surface area contributed by atoms with Crippen molar-refractivity contribution in [1.29, 1.82) is 5.41 Å². The zero-order valence-corrected chi connectivity index (χ0v) is 20.2. The van der Waals surface area contributed by atoms with Gasteiger partial charge in [-0.15, -0.1) is 9.78 Å². The third kappa shape index (κ3) is 7.07. The molecule has 12 heteroatoms. The fraction of sp³-hybridized carbons (Fsp3) is 0.200. The van der Waals surface area contributed by atoms with Crippen LogP contribution in [0.2, 0.25) is 0 Å². The standard InChI is InChI=1S/C23H22FN7O2.C2H4O2/c1-33-18-10-15(13-24)9-17(12-18)19(11-14-3-5-16(6-4-14)20(25)26)21-29-23(32)31(30-21)22-27-7-2-8-28-22;1-2(3)4/h2-10,12,19H,11,13H2,1H3,(H3,25,26)(H,29,30,32);1H3,(H,3,4). The minimum atomic E-state index is -0.833. The number of carboxylic acids is 1.